The van der Waals surface area contributed by atoms with E-state index in [0.717, 1.165) is 50.4 Å². The van der Waals surface area contributed by atoms with Crippen molar-refractivity contribution >= 4 is 16.9 Å². The number of rotatable bonds is 5. The molecule has 2 N–H and O–H groups in total. The summed E-state index contributed by atoms with van der Waals surface area (Å²) >= 11 is 0. The van der Waals surface area contributed by atoms with Gasteiger partial charge in [0.1, 0.15) is 0 Å². The number of aromatic amines is 1. The highest BCUT2D eigenvalue weighted by Crippen LogP contribution is 2.19. The minimum atomic E-state index is -0.0108. The van der Waals surface area contributed by atoms with E-state index < -0.39 is 0 Å². The van der Waals surface area contributed by atoms with Crippen molar-refractivity contribution in [2.75, 3.05) is 46.4 Å². The lowest BCUT2D eigenvalue weighted by Gasteiger charge is -2.35. The largest absolute Gasteiger partial charge is 0.383 e. The summed E-state index contributed by atoms with van der Waals surface area (Å²) in [6, 6.07) is 8.30. The van der Waals surface area contributed by atoms with Gasteiger partial charge in [-0.25, -0.2) is 4.79 Å². The predicted octanol–water partition coefficient (Wildman–Crippen LogP) is 2.20. The van der Waals surface area contributed by atoms with E-state index in [9.17, 15) is 4.79 Å². The van der Waals surface area contributed by atoms with Gasteiger partial charge in [0.25, 0.3) is 0 Å². The zero-order valence-electron chi connectivity index (χ0n) is 14.4. The molecule has 1 aromatic heterocycles. The first-order valence-corrected chi connectivity index (χ1v) is 8.51. The Morgan fingerprint density at radius 1 is 1.29 bits per heavy atom. The molecule has 0 unspecified atom stereocenters. The Balaban J connectivity index is 1.52. The third kappa shape index (κ3) is 3.88. The van der Waals surface area contributed by atoms with Gasteiger partial charge in [0.05, 0.1) is 12.6 Å². The fourth-order valence-electron chi connectivity index (χ4n) is 3.10. The minimum Gasteiger partial charge on any atom is -0.383 e. The Morgan fingerprint density at radius 3 is 2.83 bits per heavy atom. The molecule has 1 atom stereocenters. The van der Waals surface area contributed by atoms with Gasteiger partial charge in [-0.15, -0.1) is 0 Å². The molecule has 0 bridgehead atoms. The Bertz CT molecular complexity index is 676. The number of methoxy groups -OCH3 is 1. The molecule has 2 aromatic rings. The van der Waals surface area contributed by atoms with E-state index in [0.29, 0.717) is 0 Å². The molecule has 24 heavy (non-hydrogen) atoms. The van der Waals surface area contributed by atoms with Crippen LogP contribution in [-0.4, -0.2) is 67.3 Å². The van der Waals surface area contributed by atoms with Crippen molar-refractivity contribution in [1.82, 2.24) is 20.1 Å². The van der Waals surface area contributed by atoms with Crippen LogP contribution in [0.15, 0.2) is 30.5 Å². The molecule has 0 aliphatic carbocycles. The van der Waals surface area contributed by atoms with Crippen molar-refractivity contribution in [3.05, 3.63) is 36.0 Å². The second-order valence-corrected chi connectivity index (χ2v) is 6.32. The fraction of sp³-hybridized carbons (Fsp3) is 0.500. The number of benzene rings is 1. The highest BCUT2D eigenvalue weighted by Gasteiger charge is 2.22. The van der Waals surface area contributed by atoms with Crippen molar-refractivity contribution in [2.45, 2.75) is 13.0 Å². The van der Waals surface area contributed by atoms with E-state index in [1.54, 1.807) is 7.11 Å². The maximum Gasteiger partial charge on any atom is 0.317 e. The number of nitrogens with one attached hydrogen (secondary N) is 2. The van der Waals surface area contributed by atoms with Crippen LogP contribution in [0.25, 0.3) is 10.9 Å². The molecule has 0 radical (unpaired) electrons. The number of hydrogen-bond donors (Lipinski definition) is 2. The van der Waals surface area contributed by atoms with E-state index in [-0.39, 0.29) is 12.1 Å². The zero-order valence-corrected chi connectivity index (χ0v) is 14.4. The molecule has 6 nitrogen and oxygen atoms in total. The summed E-state index contributed by atoms with van der Waals surface area (Å²) < 4.78 is 5.11. The second-order valence-electron chi connectivity index (χ2n) is 6.32. The molecule has 130 valence electrons. The first kappa shape index (κ1) is 16.8. The summed E-state index contributed by atoms with van der Waals surface area (Å²) in [4.78, 5) is 19.9. The van der Waals surface area contributed by atoms with Gasteiger partial charge in [0, 0.05) is 51.5 Å². The lowest BCUT2D eigenvalue weighted by Crippen LogP contribution is -2.52. The number of aromatic nitrogens is 1. The molecule has 1 saturated heterocycles. The molecular formula is C18H26N4O2. The van der Waals surface area contributed by atoms with Crippen LogP contribution in [0.5, 0.6) is 0 Å². The monoisotopic (exact) mass is 330 g/mol. The average Bonchev–Trinajstić information content (AvgIpc) is 3.08. The summed E-state index contributed by atoms with van der Waals surface area (Å²) in [6.07, 6.45) is 1.93. The number of hydrogen-bond acceptors (Lipinski definition) is 3. The quantitative estimate of drug-likeness (QED) is 0.883. The van der Waals surface area contributed by atoms with Gasteiger partial charge in [0.2, 0.25) is 0 Å². The van der Waals surface area contributed by atoms with Crippen LogP contribution in [0, 0.1) is 0 Å². The first-order chi connectivity index (χ1) is 11.7. The van der Waals surface area contributed by atoms with E-state index in [2.05, 4.69) is 33.4 Å². The summed E-state index contributed by atoms with van der Waals surface area (Å²) in [5.74, 6) is 0. The van der Waals surface area contributed by atoms with Gasteiger partial charge in [-0.2, -0.15) is 0 Å². The number of nitrogens with zero attached hydrogens (tertiary/aromatic N) is 2. The van der Waals surface area contributed by atoms with Crippen molar-refractivity contribution in [3.8, 4) is 0 Å². The van der Waals surface area contributed by atoms with Crippen LogP contribution in [0.3, 0.4) is 0 Å². The zero-order chi connectivity index (χ0) is 16.9. The lowest BCUT2D eigenvalue weighted by atomic mass is 10.1. The van der Waals surface area contributed by atoms with Gasteiger partial charge in [-0.3, -0.25) is 4.90 Å². The fourth-order valence-corrected chi connectivity index (χ4v) is 3.10. The van der Waals surface area contributed by atoms with Crippen LogP contribution in [-0.2, 0) is 4.74 Å². The van der Waals surface area contributed by atoms with Crippen LogP contribution in [0.1, 0.15) is 18.5 Å². The van der Waals surface area contributed by atoms with Gasteiger partial charge >= 0.3 is 6.03 Å². The van der Waals surface area contributed by atoms with Crippen LogP contribution in [0.2, 0.25) is 0 Å². The maximum atomic E-state index is 12.5. The van der Waals surface area contributed by atoms with Crippen LogP contribution < -0.4 is 5.32 Å². The number of piperazine rings is 1. The molecule has 1 aliphatic rings. The summed E-state index contributed by atoms with van der Waals surface area (Å²) in [7, 11) is 1.72. The Labute approximate surface area is 142 Å². The number of carbonyl (C=O) groups is 1. The van der Waals surface area contributed by atoms with Crippen molar-refractivity contribution in [1.29, 1.82) is 0 Å². The highest BCUT2D eigenvalue weighted by atomic mass is 16.5. The third-order valence-corrected chi connectivity index (χ3v) is 4.69. The van der Waals surface area contributed by atoms with Crippen LogP contribution >= 0.6 is 0 Å². The highest BCUT2D eigenvalue weighted by molar-refractivity contribution is 5.80. The molecule has 6 heteroatoms. The third-order valence-electron chi connectivity index (χ3n) is 4.69. The average molecular weight is 330 g/mol. The number of fused-ring (bicyclic) bond motifs is 1. The summed E-state index contributed by atoms with van der Waals surface area (Å²) in [5.41, 5.74) is 2.23. The normalized spacial score (nSPS) is 17.2. The standard InChI is InChI=1S/C18H26N4O2/c1-14(15-3-4-17-16(13-15)5-6-19-17)20-18(23)22-9-7-21(8-10-22)11-12-24-2/h3-6,13-14,19H,7-12H2,1-2H3,(H,20,23)/t14-/m1/s1. The second kappa shape index (κ2) is 7.68. The predicted molar refractivity (Wildman–Crippen MR) is 95.1 cm³/mol. The smallest absolute Gasteiger partial charge is 0.317 e. The van der Waals surface area contributed by atoms with Gasteiger partial charge < -0.3 is 19.9 Å². The Kier molecular flexibility index (Phi) is 5.37. The molecule has 1 fully saturated rings. The van der Waals surface area contributed by atoms with Crippen molar-refractivity contribution in [2.24, 2.45) is 0 Å². The van der Waals surface area contributed by atoms with Crippen LogP contribution in [0.4, 0.5) is 4.79 Å². The molecule has 0 spiro atoms. The van der Waals surface area contributed by atoms with E-state index in [1.807, 2.05) is 24.1 Å². The number of carbonyl (C=O) groups excluding carboxylic acids is 1. The molecule has 1 aromatic carbocycles. The Morgan fingerprint density at radius 2 is 2.08 bits per heavy atom. The molecule has 2 heterocycles. The topological polar surface area (TPSA) is 60.6 Å². The van der Waals surface area contributed by atoms with Crippen molar-refractivity contribution in [3.63, 3.8) is 0 Å². The van der Waals surface area contributed by atoms with Gasteiger partial charge in [0.15, 0.2) is 0 Å². The minimum absolute atomic E-state index is 0.0108. The van der Waals surface area contributed by atoms with E-state index in [1.165, 1.54) is 5.39 Å². The molecule has 3 rings (SSSR count). The SMILES string of the molecule is COCCN1CCN(C(=O)N[C@H](C)c2ccc3[nH]ccc3c2)CC1. The van der Waals surface area contributed by atoms with Gasteiger partial charge in [-0.1, -0.05) is 6.07 Å². The Hall–Kier alpha value is -2.05. The lowest BCUT2D eigenvalue weighted by molar-refractivity contribution is 0.105. The number of H-pyrrole nitrogens is 1. The van der Waals surface area contributed by atoms with Crippen molar-refractivity contribution < 1.29 is 9.53 Å². The number of urea groups is 1. The first-order valence-electron chi connectivity index (χ1n) is 8.51. The molecular weight excluding hydrogens is 304 g/mol. The maximum absolute atomic E-state index is 12.5. The molecule has 1 aliphatic heterocycles. The molecule has 2 amide bonds. The van der Waals surface area contributed by atoms with Gasteiger partial charge in [-0.05, 0) is 36.1 Å². The number of amides is 2. The summed E-state index contributed by atoms with van der Waals surface area (Å²) in [6.45, 7) is 7.03. The number of ether oxygens (including phenoxy) is 1. The van der Waals surface area contributed by atoms with E-state index >= 15 is 0 Å². The van der Waals surface area contributed by atoms with E-state index in [4.69, 9.17) is 4.74 Å². The summed E-state index contributed by atoms with van der Waals surface area (Å²) in [5, 5.41) is 4.28. The molecule has 0 saturated carbocycles.